The van der Waals surface area contributed by atoms with E-state index in [1.165, 1.54) is 0 Å². The zero-order valence-electron chi connectivity index (χ0n) is 23.7. The molecule has 1 unspecified atom stereocenters. The maximum Gasteiger partial charge on any atom is 0.332 e. The van der Waals surface area contributed by atoms with Crippen molar-refractivity contribution in [3.05, 3.63) is 0 Å². The summed E-state index contributed by atoms with van der Waals surface area (Å²) >= 11 is 0. The number of carbonyl (C=O) groups excluding carboxylic acids is 4. The highest BCUT2D eigenvalue weighted by Crippen LogP contribution is 2.33. The van der Waals surface area contributed by atoms with Crippen molar-refractivity contribution in [1.29, 1.82) is 0 Å². The van der Waals surface area contributed by atoms with E-state index in [2.05, 4.69) is 5.32 Å². The van der Waals surface area contributed by atoms with Crippen LogP contribution in [0.15, 0.2) is 0 Å². The van der Waals surface area contributed by atoms with Gasteiger partial charge in [-0.1, -0.05) is 0 Å². The summed E-state index contributed by atoms with van der Waals surface area (Å²) in [4.78, 5) is 74.5. The quantitative estimate of drug-likeness (QED) is 0.0797. The summed E-state index contributed by atoms with van der Waals surface area (Å²) in [5.74, 6) is -7.86. The topological polar surface area (TPSA) is 324 Å². The van der Waals surface area contributed by atoms with Gasteiger partial charge < -0.3 is 62.8 Å². The van der Waals surface area contributed by atoms with Crippen molar-refractivity contribution in [3.8, 4) is 0 Å². The first-order valence-corrected chi connectivity index (χ1v) is 12.5. The Hall–Kier alpha value is -3.26. The number of hydrogen-bond acceptors (Lipinski definition) is 13. The minimum absolute atomic E-state index is 0.0153. The highest BCUT2D eigenvalue weighted by molar-refractivity contribution is 6.00. The van der Waals surface area contributed by atoms with E-state index in [-0.39, 0.29) is 5.31 Å². The van der Waals surface area contributed by atoms with E-state index in [1.54, 1.807) is 0 Å². The Balaban J connectivity index is 3.92. The van der Waals surface area contributed by atoms with E-state index in [1.807, 2.05) is 0 Å². The van der Waals surface area contributed by atoms with Crippen LogP contribution in [0, 0.1) is 0 Å². The zero-order valence-corrected chi connectivity index (χ0v) is 22.7. The molecule has 0 saturated carbocycles. The van der Waals surface area contributed by atoms with Crippen LogP contribution < -0.4 is 27.8 Å². The molecule has 1 saturated heterocycles. The second-order valence-corrected chi connectivity index (χ2v) is 9.75. The average molecular weight is 595 g/mol. The van der Waals surface area contributed by atoms with Gasteiger partial charge in [-0.25, -0.2) is 4.79 Å². The first-order valence-electron chi connectivity index (χ1n) is 12.9. The lowest BCUT2D eigenvalue weighted by Gasteiger charge is -2.50. The molecule has 18 heteroatoms. The summed E-state index contributed by atoms with van der Waals surface area (Å²) in [7, 11) is 0. The highest BCUT2D eigenvalue weighted by atomic mass is 16.6. The van der Waals surface area contributed by atoms with Gasteiger partial charge in [0.25, 0.3) is 0 Å². The monoisotopic (exact) mass is 594 g/mol. The van der Waals surface area contributed by atoms with Gasteiger partial charge in [0.1, 0.15) is 30.5 Å². The third-order valence-electron chi connectivity index (χ3n) is 6.51. The fourth-order valence-electron chi connectivity index (χ4n) is 4.25. The normalized spacial score (nSPS) is 27.2. The van der Waals surface area contributed by atoms with Crippen molar-refractivity contribution in [2.75, 3.05) is 6.61 Å². The minimum Gasteiger partial charge on any atom is -0.481 e. The Kier molecular flexibility index (Phi) is 12.5. The number of aliphatic carboxylic acids is 2. The molecule has 41 heavy (non-hydrogen) atoms. The summed E-state index contributed by atoms with van der Waals surface area (Å²) in [5.41, 5.74) is 14.5. The van der Waals surface area contributed by atoms with Gasteiger partial charge in [-0.3, -0.25) is 24.0 Å². The lowest BCUT2D eigenvalue weighted by molar-refractivity contribution is -0.229. The molecular weight excluding hydrogens is 554 g/mol. The second-order valence-electron chi connectivity index (χ2n) is 9.75. The minimum atomic E-state index is -2.90. The Bertz CT molecular complexity index is 1030. The SMILES string of the molecule is [2H]N(C(C)=O)[C@@](CC(=O)[C@@H](N)[C@@H](C)O)(C(=O)N[C@@H](CCC(=O)O)C(N)=O)C1O[C@H](CO)[C@@H](O)[C@H](O[C@H](C)C(=O)O)[C@H]1N. The number of ketones is 1. The molecule has 3 amide bonds. The molecule has 10 atom stereocenters. The van der Waals surface area contributed by atoms with Crippen LogP contribution >= 0.6 is 0 Å². The highest BCUT2D eigenvalue weighted by Gasteiger charge is 2.58. The summed E-state index contributed by atoms with van der Waals surface area (Å²) in [6, 6.07) is -5.20. The first kappa shape index (κ1) is 33.9. The summed E-state index contributed by atoms with van der Waals surface area (Å²) in [6.07, 6.45) is -12.8. The van der Waals surface area contributed by atoms with Crippen molar-refractivity contribution < 1.29 is 65.2 Å². The van der Waals surface area contributed by atoms with Crippen LogP contribution in [-0.2, 0) is 38.2 Å². The van der Waals surface area contributed by atoms with E-state index in [9.17, 15) is 49.2 Å². The van der Waals surface area contributed by atoms with Crippen molar-refractivity contribution in [2.45, 2.75) is 100 Å². The van der Waals surface area contributed by atoms with Gasteiger partial charge in [0.15, 0.2) is 18.8 Å². The Morgan fingerprint density at radius 3 is 2.20 bits per heavy atom. The molecule has 1 aliphatic heterocycles. The van der Waals surface area contributed by atoms with Gasteiger partial charge in [0.05, 0.1) is 24.8 Å². The van der Waals surface area contributed by atoms with E-state index >= 15 is 0 Å². The molecule has 1 rings (SSSR count). The number of primary amides is 1. The van der Waals surface area contributed by atoms with Gasteiger partial charge in [0.2, 0.25) is 17.7 Å². The van der Waals surface area contributed by atoms with Crippen LogP contribution in [0.5, 0.6) is 0 Å². The Morgan fingerprint density at radius 2 is 1.76 bits per heavy atom. The number of carboxylic acid groups (broad SMARTS) is 2. The molecule has 0 aromatic heterocycles. The number of carbonyl (C=O) groups is 6. The predicted molar refractivity (Wildman–Crippen MR) is 136 cm³/mol. The summed E-state index contributed by atoms with van der Waals surface area (Å²) < 4.78 is 19.6. The lowest BCUT2D eigenvalue weighted by atomic mass is 9.76. The van der Waals surface area contributed by atoms with Crippen LogP contribution in [-0.4, -0.2) is 128 Å². The third kappa shape index (κ3) is 9.12. The number of hydrogen-bond donors (Lipinski definition) is 10. The van der Waals surface area contributed by atoms with Gasteiger partial charge in [-0.15, -0.1) is 0 Å². The molecule has 234 valence electrons. The molecule has 0 bridgehead atoms. The zero-order chi connectivity index (χ0) is 32.7. The van der Waals surface area contributed by atoms with Crippen LogP contribution in [0.3, 0.4) is 0 Å². The molecule has 1 fully saturated rings. The molecule has 0 aromatic carbocycles. The van der Waals surface area contributed by atoms with Crippen molar-refractivity contribution in [1.82, 2.24) is 10.6 Å². The maximum absolute atomic E-state index is 14.0. The van der Waals surface area contributed by atoms with E-state index in [0.717, 1.165) is 20.8 Å². The van der Waals surface area contributed by atoms with Gasteiger partial charge in [-0.05, 0) is 20.3 Å². The van der Waals surface area contributed by atoms with Crippen molar-refractivity contribution >= 4 is 35.4 Å². The van der Waals surface area contributed by atoms with E-state index in [4.69, 9.17) is 33.2 Å². The predicted octanol–water partition coefficient (Wildman–Crippen LogP) is -5.33. The summed E-state index contributed by atoms with van der Waals surface area (Å²) in [5, 5.41) is 51.0. The molecule has 1 heterocycles. The fraction of sp³-hybridized carbons (Fsp3) is 0.739. The molecule has 0 radical (unpaired) electrons. The first-order chi connectivity index (χ1) is 19.3. The Labute approximate surface area is 236 Å². The standard InChI is InChI=1S/C23H39N5O13/c1-8(30)15(24)12(32)6-23(28-10(3)31,22(39)27-11(20(26)36)4-5-14(33)34)19-16(25)18(40-9(2)21(37)38)17(35)13(7-29)41-19/h8-9,11,13,15-19,29-30,35H,4-7,24-25H2,1-3H3,(H2,26,36)(H,27,39)(H,28,31)(H,33,34)(H,37,38)/t8-,9-,11+,13-,15+,16-,17-,18-,19?,23-/m1/s1/i/hD. The van der Waals surface area contributed by atoms with Crippen LogP contribution in [0.25, 0.3) is 0 Å². The molecular formula is C23H39N5O13. The number of nitrogens with two attached hydrogens (primary N) is 3. The van der Waals surface area contributed by atoms with Crippen LogP contribution in [0.2, 0.25) is 1.41 Å². The maximum atomic E-state index is 14.0. The van der Waals surface area contributed by atoms with Gasteiger partial charge in [-0.2, -0.15) is 0 Å². The second kappa shape index (κ2) is 15.1. The molecule has 0 aromatic rings. The molecule has 1 aliphatic rings. The molecule has 0 aliphatic carbocycles. The number of rotatable bonds is 16. The number of nitrogens with one attached hydrogen (secondary N) is 2. The van der Waals surface area contributed by atoms with Gasteiger partial charge in [0, 0.05) is 19.8 Å². The van der Waals surface area contributed by atoms with Crippen molar-refractivity contribution in [2.24, 2.45) is 17.2 Å². The van der Waals surface area contributed by atoms with Crippen molar-refractivity contribution in [3.63, 3.8) is 0 Å². The van der Waals surface area contributed by atoms with Crippen LogP contribution in [0.4, 0.5) is 0 Å². The number of amides is 3. The van der Waals surface area contributed by atoms with Crippen LogP contribution in [0.1, 0.15) is 40.0 Å². The smallest absolute Gasteiger partial charge is 0.332 e. The fourth-order valence-corrected chi connectivity index (χ4v) is 4.25. The largest absolute Gasteiger partial charge is 0.481 e. The van der Waals surface area contributed by atoms with Gasteiger partial charge >= 0.3 is 11.9 Å². The number of ether oxygens (including phenoxy) is 2. The molecule has 13 N–H and O–H groups in total. The number of aliphatic hydroxyl groups excluding tert-OH is 3. The van der Waals surface area contributed by atoms with E-state index < -0.39 is 122 Å². The average Bonchev–Trinajstić information content (AvgIpc) is 2.90. The lowest BCUT2D eigenvalue weighted by Crippen LogP contribution is -2.77. The third-order valence-corrected chi connectivity index (χ3v) is 6.51. The van der Waals surface area contributed by atoms with E-state index in [0.29, 0.717) is 0 Å². The Morgan fingerprint density at radius 1 is 1.17 bits per heavy atom. The molecule has 0 spiro atoms. The molecule has 18 nitrogen and oxygen atoms in total. The number of aliphatic hydroxyl groups is 3. The summed E-state index contributed by atoms with van der Waals surface area (Å²) in [6.45, 7) is 2.06. The number of carboxylic acids is 2. The number of Topliss-reactive ketones (excluding diaryl/α,β-unsaturated/α-hetero) is 1.